The van der Waals surface area contributed by atoms with E-state index in [4.69, 9.17) is 17.3 Å². The SMILES string of the molecule is NCc1nc(Cl)nn1-c1ncccn1. The molecular weight excluding hydrogens is 204 g/mol. The Hall–Kier alpha value is -1.53. The number of nitrogens with zero attached hydrogens (tertiary/aromatic N) is 5. The summed E-state index contributed by atoms with van der Waals surface area (Å²) in [5.74, 6) is 0.938. The molecule has 14 heavy (non-hydrogen) atoms. The second kappa shape index (κ2) is 3.69. The Balaban J connectivity index is 2.51. The minimum absolute atomic E-state index is 0.137. The summed E-state index contributed by atoms with van der Waals surface area (Å²) in [5.41, 5.74) is 5.46. The topological polar surface area (TPSA) is 82.5 Å². The zero-order valence-electron chi connectivity index (χ0n) is 7.13. The van der Waals surface area contributed by atoms with E-state index in [0.29, 0.717) is 11.8 Å². The third kappa shape index (κ3) is 1.57. The average molecular weight is 211 g/mol. The number of rotatable bonds is 2. The molecule has 0 spiro atoms. The van der Waals surface area contributed by atoms with Crippen LogP contribution in [0.2, 0.25) is 5.28 Å². The number of hydrogen-bond donors (Lipinski definition) is 1. The van der Waals surface area contributed by atoms with Gasteiger partial charge in [0.25, 0.3) is 5.95 Å². The summed E-state index contributed by atoms with van der Waals surface area (Å²) in [5, 5.41) is 4.05. The summed E-state index contributed by atoms with van der Waals surface area (Å²) in [6, 6.07) is 1.71. The molecule has 2 heterocycles. The van der Waals surface area contributed by atoms with Crippen LogP contribution in [0, 0.1) is 0 Å². The van der Waals surface area contributed by atoms with Crippen LogP contribution in [0.4, 0.5) is 0 Å². The summed E-state index contributed by atoms with van der Waals surface area (Å²) in [7, 11) is 0. The van der Waals surface area contributed by atoms with Gasteiger partial charge in [-0.3, -0.25) is 0 Å². The van der Waals surface area contributed by atoms with Crippen LogP contribution in [0.3, 0.4) is 0 Å². The van der Waals surface area contributed by atoms with Crippen LogP contribution in [-0.4, -0.2) is 24.7 Å². The highest BCUT2D eigenvalue weighted by molar-refractivity contribution is 6.28. The first-order valence-electron chi connectivity index (χ1n) is 3.90. The Morgan fingerprint density at radius 2 is 2.07 bits per heavy atom. The standard InChI is InChI=1S/C7H7ClN6/c8-6-12-5(4-9)14(13-6)7-10-2-1-3-11-7/h1-3H,4,9H2. The summed E-state index contributed by atoms with van der Waals surface area (Å²) in [6.07, 6.45) is 3.22. The first kappa shape index (κ1) is 9.04. The molecule has 0 atom stereocenters. The van der Waals surface area contributed by atoms with Gasteiger partial charge in [-0.05, 0) is 17.7 Å². The molecule has 0 aliphatic carbocycles. The molecule has 2 rings (SSSR count). The lowest BCUT2D eigenvalue weighted by Crippen LogP contribution is -2.10. The van der Waals surface area contributed by atoms with Gasteiger partial charge in [0.2, 0.25) is 5.28 Å². The zero-order valence-corrected chi connectivity index (χ0v) is 7.89. The molecule has 0 unspecified atom stereocenters. The van der Waals surface area contributed by atoms with Crippen LogP contribution in [-0.2, 0) is 6.54 Å². The Labute approximate surface area is 84.8 Å². The molecule has 7 heteroatoms. The second-order valence-electron chi connectivity index (χ2n) is 2.46. The molecule has 0 bridgehead atoms. The van der Waals surface area contributed by atoms with Crippen molar-refractivity contribution in [3.05, 3.63) is 29.6 Å². The van der Waals surface area contributed by atoms with E-state index in [-0.39, 0.29) is 11.8 Å². The predicted molar refractivity (Wildman–Crippen MR) is 49.9 cm³/mol. The molecule has 72 valence electrons. The zero-order chi connectivity index (χ0) is 9.97. The van der Waals surface area contributed by atoms with Gasteiger partial charge in [0.05, 0.1) is 6.54 Å². The van der Waals surface area contributed by atoms with E-state index in [1.807, 2.05) is 0 Å². The van der Waals surface area contributed by atoms with E-state index < -0.39 is 0 Å². The van der Waals surface area contributed by atoms with Crippen molar-refractivity contribution in [2.45, 2.75) is 6.54 Å². The smallest absolute Gasteiger partial charge is 0.252 e. The van der Waals surface area contributed by atoms with Gasteiger partial charge in [-0.15, -0.1) is 5.10 Å². The molecule has 0 fully saturated rings. The lowest BCUT2D eigenvalue weighted by Gasteiger charge is -1.99. The molecule has 2 N–H and O–H groups in total. The summed E-state index contributed by atoms with van der Waals surface area (Å²) >= 11 is 5.64. The molecule has 2 aromatic rings. The fourth-order valence-corrected chi connectivity index (χ4v) is 1.18. The molecule has 0 saturated carbocycles. The van der Waals surface area contributed by atoms with Gasteiger partial charge in [0.1, 0.15) is 0 Å². The van der Waals surface area contributed by atoms with E-state index in [9.17, 15) is 0 Å². The van der Waals surface area contributed by atoms with E-state index >= 15 is 0 Å². The maximum absolute atomic E-state index is 5.64. The van der Waals surface area contributed by atoms with Crippen LogP contribution in [0.1, 0.15) is 5.82 Å². The first-order valence-corrected chi connectivity index (χ1v) is 4.28. The lowest BCUT2D eigenvalue weighted by atomic mass is 10.6. The van der Waals surface area contributed by atoms with Gasteiger partial charge in [0, 0.05) is 12.4 Å². The van der Waals surface area contributed by atoms with Crippen molar-refractivity contribution < 1.29 is 0 Å². The van der Waals surface area contributed by atoms with Crippen molar-refractivity contribution in [1.82, 2.24) is 24.7 Å². The van der Waals surface area contributed by atoms with Crippen molar-refractivity contribution in [2.24, 2.45) is 5.73 Å². The summed E-state index contributed by atoms with van der Waals surface area (Å²) in [6.45, 7) is 0.234. The Bertz CT molecular complexity index is 425. The largest absolute Gasteiger partial charge is 0.324 e. The number of halogens is 1. The molecule has 6 nitrogen and oxygen atoms in total. The van der Waals surface area contributed by atoms with Crippen LogP contribution in [0.15, 0.2) is 18.5 Å². The highest BCUT2D eigenvalue weighted by Crippen LogP contribution is 2.07. The Morgan fingerprint density at radius 1 is 1.36 bits per heavy atom. The fraction of sp³-hybridized carbons (Fsp3) is 0.143. The van der Waals surface area contributed by atoms with E-state index in [1.165, 1.54) is 4.68 Å². The average Bonchev–Trinajstić information content (AvgIpc) is 2.61. The molecular formula is C7H7ClN6. The summed E-state index contributed by atoms with van der Waals surface area (Å²) in [4.78, 5) is 11.9. The third-order valence-corrected chi connectivity index (χ3v) is 1.73. The Morgan fingerprint density at radius 3 is 2.71 bits per heavy atom. The minimum atomic E-state index is 0.137. The first-order chi connectivity index (χ1) is 6.81. The van der Waals surface area contributed by atoms with Crippen molar-refractivity contribution in [1.29, 1.82) is 0 Å². The molecule has 0 aromatic carbocycles. The Kier molecular flexibility index (Phi) is 2.38. The van der Waals surface area contributed by atoms with Gasteiger partial charge in [-0.2, -0.15) is 9.67 Å². The molecule has 2 aromatic heterocycles. The van der Waals surface area contributed by atoms with Gasteiger partial charge < -0.3 is 5.73 Å². The third-order valence-electron chi connectivity index (χ3n) is 1.57. The van der Waals surface area contributed by atoms with Gasteiger partial charge in [0.15, 0.2) is 5.82 Å². The van der Waals surface area contributed by atoms with Crippen LogP contribution >= 0.6 is 11.6 Å². The van der Waals surface area contributed by atoms with Crippen LogP contribution < -0.4 is 5.73 Å². The molecule has 0 aliphatic rings. The van der Waals surface area contributed by atoms with E-state index in [1.54, 1.807) is 18.5 Å². The monoisotopic (exact) mass is 210 g/mol. The van der Waals surface area contributed by atoms with Gasteiger partial charge in [-0.25, -0.2) is 9.97 Å². The minimum Gasteiger partial charge on any atom is -0.324 e. The lowest BCUT2D eigenvalue weighted by molar-refractivity contribution is 0.743. The maximum Gasteiger partial charge on any atom is 0.252 e. The van der Waals surface area contributed by atoms with E-state index in [2.05, 4.69) is 20.1 Å². The van der Waals surface area contributed by atoms with E-state index in [0.717, 1.165) is 0 Å². The van der Waals surface area contributed by atoms with Crippen molar-refractivity contribution in [3.63, 3.8) is 0 Å². The number of aromatic nitrogens is 5. The maximum atomic E-state index is 5.64. The highest BCUT2D eigenvalue weighted by Gasteiger charge is 2.09. The van der Waals surface area contributed by atoms with Crippen LogP contribution in [0.25, 0.3) is 5.95 Å². The predicted octanol–water partition coefficient (Wildman–Crippen LogP) is 0.169. The van der Waals surface area contributed by atoms with Crippen molar-refractivity contribution >= 4 is 11.6 Å². The van der Waals surface area contributed by atoms with Crippen LogP contribution in [0.5, 0.6) is 0 Å². The molecule has 0 saturated heterocycles. The summed E-state index contributed by atoms with van der Waals surface area (Å²) < 4.78 is 1.42. The molecule has 0 aliphatic heterocycles. The van der Waals surface area contributed by atoms with Gasteiger partial charge >= 0.3 is 0 Å². The quantitative estimate of drug-likeness (QED) is 0.764. The fourth-order valence-electron chi connectivity index (χ4n) is 1.01. The number of nitrogens with two attached hydrogens (primary N) is 1. The normalized spacial score (nSPS) is 10.4. The second-order valence-corrected chi connectivity index (χ2v) is 2.80. The van der Waals surface area contributed by atoms with Crippen molar-refractivity contribution in [3.8, 4) is 5.95 Å². The highest BCUT2D eigenvalue weighted by atomic mass is 35.5. The molecule has 0 amide bonds. The number of hydrogen-bond acceptors (Lipinski definition) is 5. The van der Waals surface area contributed by atoms with Gasteiger partial charge in [-0.1, -0.05) is 0 Å². The molecule has 0 radical (unpaired) electrons. The van der Waals surface area contributed by atoms with Crippen molar-refractivity contribution in [2.75, 3.05) is 0 Å².